The summed E-state index contributed by atoms with van der Waals surface area (Å²) >= 11 is 3.17. The van der Waals surface area contributed by atoms with Gasteiger partial charge < -0.3 is 15.6 Å². The normalized spacial score (nSPS) is 21.5. The number of pyridine rings is 1. The first kappa shape index (κ1) is 14.7. The molecule has 1 saturated heterocycles. The van der Waals surface area contributed by atoms with Crippen molar-refractivity contribution < 1.29 is 18.3 Å². The van der Waals surface area contributed by atoms with Crippen molar-refractivity contribution in [1.82, 2.24) is 9.29 Å². The summed E-state index contributed by atoms with van der Waals surface area (Å²) in [5.74, 6) is -0.0635. The average molecular weight is 352 g/mol. The molecule has 1 aromatic heterocycles. The largest absolute Gasteiger partial charge is 0.395 e. The maximum atomic E-state index is 12.5. The minimum Gasteiger partial charge on any atom is -0.395 e. The predicted octanol–water partition coefficient (Wildman–Crippen LogP) is -0.192. The molecule has 1 fully saturated rings. The number of aliphatic hydroxyl groups excluding tert-OH is 1. The van der Waals surface area contributed by atoms with Crippen molar-refractivity contribution in [1.29, 1.82) is 0 Å². The molecule has 0 amide bonds. The Morgan fingerprint density at radius 2 is 2.37 bits per heavy atom. The highest BCUT2D eigenvalue weighted by Gasteiger charge is 2.35. The Hall–Kier alpha value is -0.740. The van der Waals surface area contributed by atoms with E-state index in [4.69, 9.17) is 10.5 Å². The van der Waals surface area contributed by atoms with E-state index in [9.17, 15) is 13.5 Å². The second-order valence-electron chi connectivity index (χ2n) is 4.06. The summed E-state index contributed by atoms with van der Waals surface area (Å²) in [5, 5.41) is 9.25. The zero-order chi connectivity index (χ0) is 14.0. The molecule has 0 spiro atoms. The van der Waals surface area contributed by atoms with Crippen molar-refractivity contribution >= 4 is 31.8 Å². The second-order valence-corrected chi connectivity index (χ2v) is 6.84. The molecule has 9 heteroatoms. The van der Waals surface area contributed by atoms with E-state index in [0.29, 0.717) is 4.47 Å². The third-order valence-electron chi connectivity index (χ3n) is 2.82. The van der Waals surface area contributed by atoms with Crippen LogP contribution in [0.5, 0.6) is 0 Å². The first-order valence-corrected chi connectivity index (χ1v) is 7.81. The van der Waals surface area contributed by atoms with Crippen LogP contribution in [0.1, 0.15) is 0 Å². The first-order chi connectivity index (χ1) is 8.96. The molecular formula is C10H14BrN3O4S. The SMILES string of the molecule is Nc1ncc(Br)cc1S(=O)(=O)N1CCOCC1CO. The van der Waals surface area contributed by atoms with Gasteiger partial charge in [-0.3, -0.25) is 0 Å². The fraction of sp³-hybridized carbons (Fsp3) is 0.500. The highest BCUT2D eigenvalue weighted by atomic mass is 79.9. The lowest BCUT2D eigenvalue weighted by molar-refractivity contribution is 0.0109. The van der Waals surface area contributed by atoms with Crippen LogP contribution < -0.4 is 5.73 Å². The van der Waals surface area contributed by atoms with Crippen LogP contribution in [0.2, 0.25) is 0 Å². The van der Waals surface area contributed by atoms with Crippen LogP contribution in [0.3, 0.4) is 0 Å². The zero-order valence-corrected chi connectivity index (χ0v) is 12.4. The molecule has 1 atom stereocenters. The molecule has 7 nitrogen and oxygen atoms in total. The molecule has 1 aliphatic rings. The summed E-state index contributed by atoms with van der Waals surface area (Å²) in [4.78, 5) is 3.75. The number of sulfonamides is 1. The molecule has 0 saturated carbocycles. The minimum absolute atomic E-state index is 0.0635. The van der Waals surface area contributed by atoms with Gasteiger partial charge in [-0.15, -0.1) is 0 Å². The number of nitrogens with zero attached hydrogens (tertiary/aromatic N) is 2. The smallest absolute Gasteiger partial charge is 0.247 e. The number of rotatable bonds is 3. The number of nitrogen functional groups attached to an aromatic ring is 1. The molecule has 3 N–H and O–H groups in total. The summed E-state index contributed by atoms with van der Waals surface area (Å²) in [6.45, 7) is 0.328. The zero-order valence-electron chi connectivity index (χ0n) is 9.99. The van der Waals surface area contributed by atoms with E-state index in [-0.39, 0.29) is 37.1 Å². The number of hydrogen-bond donors (Lipinski definition) is 2. The number of hydrogen-bond acceptors (Lipinski definition) is 6. The maximum absolute atomic E-state index is 12.5. The van der Waals surface area contributed by atoms with E-state index in [0.717, 1.165) is 0 Å². The molecule has 2 rings (SSSR count). The highest BCUT2D eigenvalue weighted by Crippen LogP contribution is 2.26. The third kappa shape index (κ3) is 2.90. The molecule has 0 bridgehead atoms. The maximum Gasteiger partial charge on any atom is 0.247 e. The Kier molecular flexibility index (Phi) is 4.41. The van der Waals surface area contributed by atoms with E-state index in [1.807, 2.05) is 0 Å². The van der Waals surface area contributed by atoms with Crippen molar-refractivity contribution in [3.05, 3.63) is 16.7 Å². The fourth-order valence-electron chi connectivity index (χ4n) is 1.86. The van der Waals surface area contributed by atoms with E-state index in [1.165, 1.54) is 16.6 Å². The van der Waals surface area contributed by atoms with Gasteiger partial charge in [0, 0.05) is 17.2 Å². The summed E-state index contributed by atoms with van der Waals surface area (Å²) in [6, 6.07) is 0.804. The second kappa shape index (κ2) is 5.71. The third-order valence-corrected chi connectivity index (χ3v) is 5.23. The Morgan fingerprint density at radius 3 is 3.05 bits per heavy atom. The molecular weight excluding hydrogens is 338 g/mol. The molecule has 0 aromatic carbocycles. The van der Waals surface area contributed by atoms with Crippen LogP contribution in [0.25, 0.3) is 0 Å². The summed E-state index contributed by atoms with van der Waals surface area (Å²) in [6.07, 6.45) is 1.43. The quantitative estimate of drug-likeness (QED) is 0.781. The number of aromatic nitrogens is 1. The fourth-order valence-corrected chi connectivity index (χ4v) is 4.03. The van der Waals surface area contributed by atoms with Crippen molar-refractivity contribution in [2.24, 2.45) is 0 Å². The van der Waals surface area contributed by atoms with Gasteiger partial charge in [-0.25, -0.2) is 13.4 Å². The van der Waals surface area contributed by atoms with E-state index in [1.54, 1.807) is 0 Å². The predicted molar refractivity (Wildman–Crippen MR) is 71.9 cm³/mol. The van der Waals surface area contributed by atoms with Crippen LogP contribution in [0.15, 0.2) is 21.6 Å². The van der Waals surface area contributed by atoms with Crippen LogP contribution in [0, 0.1) is 0 Å². The number of ether oxygens (including phenoxy) is 1. The Labute approximate surface area is 119 Å². The number of halogens is 1. The van der Waals surface area contributed by atoms with Crippen molar-refractivity contribution in [2.45, 2.75) is 10.9 Å². The summed E-state index contributed by atoms with van der Waals surface area (Å²) < 4.78 is 32.0. The average Bonchev–Trinajstić information content (AvgIpc) is 2.41. The van der Waals surface area contributed by atoms with Gasteiger partial charge in [0.15, 0.2) is 0 Å². The lowest BCUT2D eigenvalue weighted by Gasteiger charge is -2.33. The lowest BCUT2D eigenvalue weighted by atomic mass is 10.3. The molecule has 1 aliphatic heterocycles. The Bertz CT molecular complexity index is 566. The molecule has 1 unspecified atom stereocenters. The van der Waals surface area contributed by atoms with Gasteiger partial charge in [0.2, 0.25) is 10.0 Å². The Morgan fingerprint density at radius 1 is 1.63 bits per heavy atom. The summed E-state index contributed by atoms with van der Waals surface area (Å²) in [5.41, 5.74) is 5.64. The van der Waals surface area contributed by atoms with Crippen LogP contribution in [0.4, 0.5) is 5.82 Å². The van der Waals surface area contributed by atoms with Crippen LogP contribution in [-0.4, -0.2) is 55.2 Å². The number of morpholine rings is 1. The lowest BCUT2D eigenvalue weighted by Crippen LogP contribution is -2.50. The van der Waals surface area contributed by atoms with E-state index >= 15 is 0 Å². The standard InChI is InChI=1S/C10H14BrN3O4S/c11-7-3-9(10(12)13-4-7)19(16,17)14-1-2-18-6-8(14)5-15/h3-4,8,15H,1-2,5-6H2,(H2,12,13). The van der Waals surface area contributed by atoms with Gasteiger partial charge in [0.1, 0.15) is 10.7 Å². The van der Waals surface area contributed by atoms with Gasteiger partial charge in [0.25, 0.3) is 0 Å². The monoisotopic (exact) mass is 351 g/mol. The molecule has 0 radical (unpaired) electrons. The van der Waals surface area contributed by atoms with Gasteiger partial charge >= 0.3 is 0 Å². The minimum atomic E-state index is -3.80. The number of nitrogens with two attached hydrogens (primary N) is 1. The van der Waals surface area contributed by atoms with Crippen molar-refractivity contribution in [3.8, 4) is 0 Å². The van der Waals surface area contributed by atoms with Crippen molar-refractivity contribution in [3.63, 3.8) is 0 Å². The van der Waals surface area contributed by atoms with E-state index in [2.05, 4.69) is 20.9 Å². The molecule has 1 aromatic rings. The van der Waals surface area contributed by atoms with Gasteiger partial charge in [-0.2, -0.15) is 4.31 Å². The first-order valence-electron chi connectivity index (χ1n) is 5.58. The number of aliphatic hydroxyl groups is 1. The van der Waals surface area contributed by atoms with Gasteiger partial charge in [-0.05, 0) is 22.0 Å². The Balaban J connectivity index is 2.43. The molecule has 19 heavy (non-hydrogen) atoms. The topological polar surface area (TPSA) is 106 Å². The van der Waals surface area contributed by atoms with Gasteiger partial charge in [-0.1, -0.05) is 0 Å². The number of anilines is 1. The van der Waals surface area contributed by atoms with E-state index < -0.39 is 16.1 Å². The molecule has 2 heterocycles. The van der Waals surface area contributed by atoms with Crippen LogP contribution >= 0.6 is 15.9 Å². The van der Waals surface area contributed by atoms with Gasteiger partial charge in [0.05, 0.1) is 25.9 Å². The molecule has 0 aliphatic carbocycles. The summed E-state index contributed by atoms with van der Waals surface area (Å²) in [7, 11) is -3.80. The van der Waals surface area contributed by atoms with Crippen LogP contribution in [-0.2, 0) is 14.8 Å². The highest BCUT2D eigenvalue weighted by molar-refractivity contribution is 9.10. The van der Waals surface area contributed by atoms with Crippen molar-refractivity contribution in [2.75, 3.05) is 32.1 Å². The molecule has 106 valence electrons.